The number of allylic oxidation sites excluding steroid dienone is 2. The molecule has 0 fully saturated rings. The Balaban J connectivity index is 2.06. The third-order valence-electron chi connectivity index (χ3n) is 3.95. The summed E-state index contributed by atoms with van der Waals surface area (Å²) in [6, 6.07) is 10.9. The summed E-state index contributed by atoms with van der Waals surface area (Å²) < 4.78 is 28.0. The van der Waals surface area contributed by atoms with Gasteiger partial charge in [0.05, 0.1) is 5.69 Å². The molecule has 0 amide bonds. The maximum Gasteiger partial charge on any atom is 0.291 e. The zero-order valence-electron chi connectivity index (χ0n) is 14.9. The van der Waals surface area contributed by atoms with Gasteiger partial charge in [-0.15, -0.1) is 0 Å². The summed E-state index contributed by atoms with van der Waals surface area (Å²) in [5.41, 5.74) is 1.90. The van der Waals surface area contributed by atoms with Crippen LogP contribution in [0.1, 0.15) is 29.9 Å². The molecule has 0 aliphatic rings. The summed E-state index contributed by atoms with van der Waals surface area (Å²) in [6.45, 7) is 2.96. The maximum absolute atomic E-state index is 14.0. The summed E-state index contributed by atoms with van der Waals surface area (Å²) in [6.07, 6.45) is 5.39. The molecule has 2 aromatic heterocycles. The summed E-state index contributed by atoms with van der Waals surface area (Å²) in [5, 5.41) is 0. The van der Waals surface area contributed by atoms with Gasteiger partial charge in [0.25, 0.3) is 5.92 Å². The zero-order valence-corrected chi connectivity index (χ0v) is 14.9. The second-order valence-electron chi connectivity index (χ2n) is 5.96. The van der Waals surface area contributed by atoms with Crippen molar-refractivity contribution in [1.82, 2.24) is 15.0 Å². The minimum atomic E-state index is -3.04. The third kappa shape index (κ3) is 4.11. The van der Waals surface area contributed by atoms with Crippen LogP contribution in [0.25, 0.3) is 22.6 Å². The number of ketones is 1. The van der Waals surface area contributed by atoms with Gasteiger partial charge in [0.2, 0.25) is 0 Å². The number of halogens is 2. The van der Waals surface area contributed by atoms with Gasteiger partial charge in [-0.3, -0.25) is 9.78 Å². The molecule has 0 saturated heterocycles. The number of benzene rings is 1. The number of alkyl halides is 2. The largest absolute Gasteiger partial charge is 0.293 e. The number of Topliss-reactive ketones (excluding diaryl/α,β-unsaturated/α-hetero) is 1. The van der Waals surface area contributed by atoms with Crippen LogP contribution in [-0.2, 0) is 5.92 Å². The van der Waals surface area contributed by atoms with E-state index >= 15 is 0 Å². The minimum Gasteiger partial charge on any atom is -0.293 e. The van der Waals surface area contributed by atoms with Gasteiger partial charge in [0, 0.05) is 36.0 Å². The van der Waals surface area contributed by atoms with Crippen LogP contribution in [0.5, 0.6) is 0 Å². The van der Waals surface area contributed by atoms with Crippen LogP contribution in [0.3, 0.4) is 0 Å². The van der Waals surface area contributed by atoms with E-state index in [-0.39, 0.29) is 17.0 Å². The molecule has 0 spiro atoms. The predicted molar refractivity (Wildman–Crippen MR) is 99.4 cm³/mol. The minimum absolute atomic E-state index is 0.113. The van der Waals surface area contributed by atoms with Crippen LogP contribution < -0.4 is 0 Å². The summed E-state index contributed by atoms with van der Waals surface area (Å²) in [7, 11) is 0. The first-order chi connectivity index (χ1) is 12.9. The normalized spacial score (nSPS) is 11.7. The SMILES string of the molecule is C/C=C/C(F)(F)c1ccc(-c2cc(C(C)=O)nc(-c3cccnc3)n2)cc1. The van der Waals surface area contributed by atoms with Crippen LogP contribution >= 0.6 is 0 Å². The van der Waals surface area contributed by atoms with Crippen molar-refractivity contribution in [3.63, 3.8) is 0 Å². The molecular formula is C21H17F2N3O. The number of nitrogens with zero attached hydrogens (tertiary/aromatic N) is 3. The molecule has 0 atom stereocenters. The van der Waals surface area contributed by atoms with E-state index in [0.29, 0.717) is 22.6 Å². The van der Waals surface area contributed by atoms with E-state index < -0.39 is 5.92 Å². The second-order valence-corrected chi connectivity index (χ2v) is 5.96. The van der Waals surface area contributed by atoms with Crippen molar-refractivity contribution < 1.29 is 13.6 Å². The first-order valence-electron chi connectivity index (χ1n) is 8.34. The van der Waals surface area contributed by atoms with Crippen LogP contribution in [0.15, 0.2) is 67.0 Å². The van der Waals surface area contributed by atoms with E-state index in [2.05, 4.69) is 15.0 Å². The van der Waals surface area contributed by atoms with Gasteiger partial charge in [-0.1, -0.05) is 30.3 Å². The molecule has 3 rings (SSSR count). The Bertz CT molecular complexity index is 984. The lowest BCUT2D eigenvalue weighted by Crippen LogP contribution is -2.09. The lowest BCUT2D eigenvalue weighted by Gasteiger charge is -2.13. The molecule has 0 unspecified atom stereocenters. The fourth-order valence-corrected chi connectivity index (χ4v) is 2.57. The smallest absolute Gasteiger partial charge is 0.291 e. The monoisotopic (exact) mass is 365 g/mol. The molecule has 4 nitrogen and oxygen atoms in total. The average Bonchev–Trinajstić information content (AvgIpc) is 2.68. The number of pyridine rings is 1. The number of hydrogen-bond acceptors (Lipinski definition) is 4. The first-order valence-corrected chi connectivity index (χ1v) is 8.34. The Labute approximate surface area is 155 Å². The van der Waals surface area contributed by atoms with Gasteiger partial charge in [0.15, 0.2) is 11.6 Å². The molecule has 27 heavy (non-hydrogen) atoms. The van der Waals surface area contributed by atoms with Crippen molar-refractivity contribution in [2.45, 2.75) is 19.8 Å². The maximum atomic E-state index is 14.0. The number of hydrogen-bond donors (Lipinski definition) is 0. The molecule has 3 aromatic rings. The van der Waals surface area contributed by atoms with Crippen molar-refractivity contribution in [3.05, 3.63) is 78.3 Å². The standard InChI is InChI=1S/C21H17F2N3O/c1-3-10-21(22,23)17-8-6-15(7-9-17)19-12-18(14(2)27)25-20(26-19)16-5-4-11-24-13-16/h3-13H,1-2H3/b10-3+. The van der Waals surface area contributed by atoms with Crippen molar-refractivity contribution in [2.75, 3.05) is 0 Å². The first kappa shape index (κ1) is 18.5. The topological polar surface area (TPSA) is 55.7 Å². The predicted octanol–water partition coefficient (Wildman–Crippen LogP) is 5.08. The summed E-state index contributed by atoms with van der Waals surface area (Å²) in [5.74, 6) is -2.89. The van der Waals surface area contributed by atoms with Crippen LogP contribution in [0.4, 0.5) is 8.78 Å². The molecule has 136 valence electrons. The van der Waals surface area contributed by atoms with E-state index in [1.165, 1.54) is 25.1 Å². The van der Waals surface area contributed by atoms with Crippen molar-refractivity contribution >= 4 is 5.78 Å². The number of rotatable bonds is 5. The van der Waals surface area contributed by atoms with Crippen LogP contribution in [-0.4, -0.2) is 20.7 Å². The Morgan fingerprint density at radius 2 is 1.81 bits per heavy atom. The average molecular weight is 365 g/mol. The van der Waals surface area contributed by atoms with Crippen LogP contribution in [0, 0.1) is 0 Å². The highest BCUT2D eigenvalue weighted by Gasteiger charge is 2.27. The second kappa shape index (κ2) is 7.53. The molecular weight excluding hydrogens is 348 g/mol. The molecule has 0 N–H and O–H groups in total. The highest BCUT2D eigenvalue weighted by molar-refractivity contribution is 5.93. The molecule has 0 bridgehead atoms. The summed E-state index contributed by atoms with van der Waals surface area (Å²) in [4.78, 5) is 24.7. The highest BCUT2D eigenvalue weighted by atomic mass is 19.3. The summed E-state index contributed by atoms with van der Waals surface area (Å²) >= 11 is 0. The molecule has 0 radical (unpaired) electrons. The van der Waals surface area contributed by atoms with Gasteiger partial charge >= 0.3 is 0 Å². The van der Waals surface area contributed by atoms with Crippen molar-refractivity contribution in [2.24, 2.45) is 0 Å². The number of carbonyl (C=O) groups excluding carboxylic acids is 1. The number of carbonyl (C=O) groups is 1. The zero-order chi connectivity index (χ0) is 19.4. The Kier molecular flexibility index (Phi) is 5.16. The van der Waals surface area contributed by atoms with E-state index in [1.807, 2.05) is 0 Å². The van der Waals surface area contributed by atoms with E-state index in [1.54, 1.807) is 49.6 Å². The molecule has 2 heterocycles. The van der Waals surface area contributed by atoms with Gasteiger partial charge in [0.1, 0.15) is 5.69 Å². The lowest BCUT2D eigenvalue weighted by atomic mass is 10.0. The Morgan fingerprint density at radius 1 is 1.07 bits per heavy atom. The van der Waals surface area contributed by atoms with Crippen molar-refractivity contribution in [1.29, 1.82) is 0 Å². The molecule has 0 aliphatic carbocycles. The van der Waals surface area contributed by atoms with E-state index in [0.717, 1.165) is 6.08 Å². The van der Waals surface area contributed by atoms with Gasteiger partial charge < -0.3 is 0 Å². The Morgan fingerprint density at radius 3 is 2.41 bits per heavy atom. The van der Waals surface area contributed by atoms with Gasteiger partial charge in [-0.2, -0.15) is 8.78 Å². The van der Waals surface area contributed by atoms with Crippen molar-refractivity contribution in [3.8, 4) is 22.6 Å². The molecule has 6 heteroatoms. The van der Waals surface area contributed by atoms with Crippen LogP contribution in [0.2, 0.25) is 0 Å². The molecule has 1 aromatic carbocycles. The quantitative estimate of drug-likeness (QED) is 0.468. The van der Waals surface area contributed by atoms with Gasteiger partial charge in [-0.25, -0.2) is 9.97 Å². The van der Waals surface area contributed by atoms with E-state index in [9.17, 15) is 13.6 Å². The lowest BCUT2D eigenvalue weighted by molar-refractivity contribution is 0.0520. The molecule has 0 aliphatic heterocycles. The molecule has 0 saturated carbocycles. The Hall–Kier alpha value is -3.28. The fourth-order valence-electron chi connectivity index (χ4n) is 2.57. The van der Waals surface area contributed by atoms with E-state index in [4.69, 9.17) is 0 Å². The third-order valence-corrected chi connectivity index (χ3v) is 3.95. The fraction of sp³-hybridized carbons (Fsp3) is 0.143. The highest BCUT2D eigenvalue weighted by Crippen LogP contribution is 2.31. The van der Waals surface area contributed by atoms with Gasteiger partial charge in [-0.05, 0) is 31.2 Å². The number of aromatic nitrogens is 3.